The number of hydrazine groups is 1. The fourth-order valence-corrected chi connectivity index (χ4v) is 1.42. The smallest absolute Gasteiger partial charge is 0.121 e. The summed E-state index contributed by atoms with van der Waals surface area (Å²) >= 11 is 0. The van der Waals surface area contributed by atoms with Crippen molar-refractivity contribution in [1.29, 1.82) is 0 Å². The van der Waals surface area contributed by atoms with E-state index < -0.39 is 0 Å². The van der Waals surface area contributed by atoms with Crippen molar-refractivity contribution >= 4 is 5.69 Å². The predicted octanol–water partition coefficient (Wildman–Crippen LogP) is 2.52. The largest absolute Gasteiger partial charge is 0.493 e. The molecule has 1 aromatic rings. The maximum Gasteiger partial charge on any atom is 0.121 e. The molecule has 0 aromatic heterocycles. The Morgan fingerprint density at radius 3 is 2.88 bits per heavy atom. The number of nitrogens with one attached hydrogen (secondary N) is 1. The van der Waals surface area contributed by atoms with Crippen molar-refractivity contribution < 1.29 is 4.74 Å². The van der Waals surface area contributed by atoms with Crippen molar-refractivity contribution in [2.24, 2.45) is 0 Å². The zero-order valence-electron chi connectivity index (χ0n) is 10.3. The quantitative estimate of drug-likeness (QED) is 0.453. The van der Waals surface area contributed by atoms with Crippen LogP contribution in [-0.4, -0.2) is 20.7 Å². The molecule has 1 aromatic carbocycles. The van der Waals surface area contributed by atoms with Gasteiger partial charge in [0.15, 0.2) is 0 Å². The summed E-state index contributed by atoms with van der Waals surface area (Å²) in [6, 6.07) is 6.09. The Labute approximate surface area is 97.7 Å². The minimum Gasteiger partial charge on any atom is -0.493 e. The molecule has 0 bridgehead atoms. The van der Waals surface area contributed by atoms with Gasteiger partial charge in [-0.1, -0.05) is 12.1 Å². The zero-order chi connectivity index (χ0) is 12.0. The average molecular weight is 220 g/mol. The fraction of sp³-hybridized carbons (Fsp3) is 0.385. The van der Waals surface area contributed by atoms with E-state index in [9.17, 15) is 0 Å². The molecule has 1 N–H and O–H groups in total. The number of nitrogens with zero attached hydrogens (tertiary/aromatic N) is 1. The van der Waals surface area contributed by atoms with Gasteiger partial charge in [0.2, 0.25) is 0 Å². The number of hydrogen-bond acceptors (Lipinski definition) is 3. The number of hydrogen-bond donors (Lipinski definition) is 1. The SMILES string of the molecule is C=CCCOc1ccc(C)c(N(C)NC)c1. The van der Waals surface area contributed by atoms with Gasteiger partial charge in [-0.15, -0.1) is 6.58 Å². The molecule has 88 valence electrons. The molecule has 0 aliphatic carbocycles. The molecule has 0 aliphatic heterocycles. The summed E-state index contributed by atoms with van der Waals surface area (Å²) in [5, 5.41) is 1.97. The third-order valence-corrected chi connectivity index (χ3v) is 2.47. The van der Waals surface area contributed by atoms with Crippen molar-refractivity contribution in [1.82, 2.24) is 5.43 Å². The molecule has 0 amide bonds. The maximum atomic E-state index is 5.61. The van der Waals surface area contributed by atoms with Gasteiger partial charge in [0.1, 0.15) is 5.75 Å². The maximum absolute atomic E-state index is 5.61. The summed E-state index contributed by atoms with van der Waals surface area (Å²) < 4.78 is 5.61. The Balaban J connectivity index is 2.76. The van der Waals surface area contributed by atoms with E-state index in [2.05, 4.69) is 25.0 Å². The van der Waals surface area contributed by atoms with Crippen LogP contribution in [-0.2, 0) is 0 Å². The van der Waals surface area contributed by atoms with Crippen molar-refractivity contribution in [2.45, 2.75) is 13.3 Å². The fourth-order valence-electron chi connectivity index (χ4n) is 1.42. The van der Waals surface area contributed by atoms with Crippen molar-refractivity contribution in [2.75, 3.05) is 25.7 Å². The second-order valence-electron chi connectivity index (χ2n) is 3.66. The van der Waals surface area contributed by atoms with E-state index >= 15 is 0 Å². The molecule has 0 spiro atoms. The van der Waals surface area contributed by atoms with Crippen LogP contribution in [0.15, 0.2) is 30.9 Å². The van der Waals surface area contributed by atoms with Crippen molar-refractivity contribution in [3.63, 3.8) is 0 Å². The Kier molecular flexibility index (Phi) is 4.86. The molecule has 0 saturated heterocycles. The van der Waals surface area contributed by atoms with Crippen molar-refractivity contribution in [3.05, 3.63) is 36.4 Å². The van der Waals surface area contributed by atoms with Crippen LogP contribution < -0.4 is 15.2 Å². The lowest BCUT2D eigenvalue weighted by Gasteiger charge is -2.20. The monoisotopic (exact) mass is 220 g/mol. The van der Waals surface area contributed by atoms with E-state index in [1.54, 1.807) is 0 Å². The van der Waals surface area contributed by atoms with Gasteiger partial charge >= 0.3 is 0 Å². The van der Waals surface area contributed by atoms with Gasteiger partial charge < -0.3 is 9.75 Å². The first-order valence-electron chi connectivity index (χ1n) is 5.44. The summed E-state index contributed by atoms with van der Waals surface area (Å²) in [7, 11) is 3.88. The van der Waals surface area contributed by atoms with Crippen LogP contribution in [0.2, 0.25) is 0 Å². The van der Waals surface area contributed by atoms with Gasteiger partial charge in [0.25, 0.3) is 0 Å². The molecule has 0 heterocycles. The minimum atomic E-state index is 0.676. The van der Waals surface area contributed by atoms with Gasteiger partial charge in [0, 0.05) is 20.2 Å². The molecular weight excluding hydrogens is 200 g/mol. The highest BCUT2D eigenvalue weighted by Gasteiger charge is 2.04. The van der Waals surface area contributed by atoms with E-state index in [1.165, 1.54) is 5.56 Å². The van der Waals surface area contributed by atoms with Crippen molar-refractivity contribution in [3.8, 4) is 5.75 Å². The third kappa shape index (κ3) is 3.28. The van der Waals surface area contributed by atoms with E-state index in [0.29, 0.717) is 6.61 Å². The van der Waals surface area contributed by atoms with Gasteiger partial charge in [-0.05, 0) is 25.0 Å². The van der Waals surface area contributed by atoms with E-state index in [4.69, 9.17) is 4.74 Å². The normalized spacial score (nSPS) is 9.94. The number of benzene rings is 1. The zero-order valence-corrected chi connectivity index (χ0v) is 10.3. The highest BCUT2D eigenvalue weighted by atomic mass is 16.5. The Hall–Kier alpha value is -1.48. The second-order valence-corrected chi connectivity index (χ2v) is 3.66. The van der Waals surface area contributed by atoms with Crippen LogP contribution >= 0.6 is 0 Å². The number of aryl methyl sites for hydroxylation is 1. The standard InChI is InChI=1S/C13H20N2O/c1-5-6-9-16-12-8-7-11(2)13(10-12)15(4)14-3/h5,7-8,10,14H,1,6,9H2,2-4H3. The first kappa shape index (κ1) is 12.6. The minimum absolute atomic E-state index is 0.676. The van der Waals surface area contributed by atoms with Crippen LogP contribution in [0.5, 0.6) is 5.75 Å². The Morgan fingerprint density at radius 2 is 2.25 bits per heavy atom. The van der Waals surface area contributed by atoms with Crippen LogP contribution in [0.25, 0.3) is 0 Å². The predicted molar refractivity (Wildman–Crippen MR) is 69.0 cm³/mol. The molecule has 3 nitrogen and oxygen atoms in total. The summed E-state index contributed by atoms with van der Waals surface area (Å²) in [5.74, 6) is 0.893. The van der Waals surface area contributed by atoms with Gasteiger partial charge in [0.05, 0.1) is 12.3 Å². The molecule has 1 rings (SSSR count). The number of anilines is 1. The molecule has 0 fully saturated rings. The molecular formula is C13H20N2O. The number of ether oxygens (including phenoxy) is 1. The molecule has 0 saturated carbocycles. The number of rotatable bonds is 6. The van der Waals surface area contributed by atoms with E-state index in [0.717, 1.165) is 17.9 Å². The topological polar surface area (TPSA) is 24.5 Å². The summed E-state index contributed by atoms with van der Waals surface area (Å²) in [4.78, 5) is 0. The van der Waals surface area contributed by atoms with Gasteiger partial charge in [-0.2, -0.15) is 0 Å². The van der Waals surface area contributed by atoms with E-state index in [-0.39, 0.29) is 0 Å². The molecule has 0 unspecified atom stereocenters. The lowest BCUT2D eigenvalue weighted by molar-refractivity contribution is 0.325. The van der Waals surface area contributed by atoms with Crippen LogP contribution in [0.3, 0.4) is 0 Å². The molecule has 3 heteroatoms. The van der Waals surface area contributed by atoms with E-state index in [1.807, 2.05) is 37.3 Å². The summed E-state index contributed by atoms with van der Waals surface area (Å²) in [6.07, 6.45) is 2.72. The molecule has 0 atom stereocenters. The Bertz CT molecular complexity index is 350. The van der Waals surface area contributed by atoms with Crippen LogP contribution in [0, 0.1) is 6.92 Å². The summed E-state index contributed by atoms with van der Waals surface area (Å²) in [5.41, 5.74) is 5.42. The molecule has 0 aliphatic rings. The highest BCUT2D eigenvalue weighted by molar-refractivity contribution is 5.55. The highest BCUT2D eigenvalue weighted by Crippen LogP contribution is 2.23. The van der Waals surface area contributed by atoms with Crippen LogP contribution in [0.4, 0.5) is 5.69 Å². The third-order valence-electron chi connectivity index (χ3n) is 2.47. The molecule has 16 heavy (non-hydrogen) atoms. The first-order chi connectivity index (χ1) is 7.69. The lowest BCUT2D eigenvalue weighted by atomic mass is 10.2. The lowest BCUT2D eigenvalue weighted by Crippen LogP contribution is -2.30. The van der Waals surface area contributed by atoms with Gasteiger partial charge in [-0.25, -0.2) is 5.43 Å². The molecule has 0 radical (unpaired) electrons. The van der Waals surface area contributed by atoms with Crippen LogP contribution in [0.1, 0.15) is 12.0 Å². The first-order valence-corrected chi connectivity index (χ1v) is 5.44. The Morgan fingerprint density at radius 1 is 1.50 bits per heavy atom. The van der Waals surface area contributed by atoms with Gasteiger partial charge in [-0.3, -0.25) is 0 Å². The second kappa shape index (κ2) is 6.18. The summed E-state index contributed by atoms with van der Waals surface area (Å²) in [6.45, 7) is 6.42. The average Bonchev–Trinajstić information content (AvgIpc) is 2.30.